The van der Waals surface area contributed by atoms with Crippen LogP contribution in [0.4, 0.5) is 4.79 Å². The zero-order valence-electron chi connectivity index (χ0n) is 18.8. The zero-order valence-corrected chi connectivity index (χ0v) is 18.8. The summed E-state index contributed by atoms with van der Waals surface area (Å²) in [5.41, 5.74) is 2.62. The molecule has 3 aliphatic carbocycles. The standard InChI is InChI=1S/C26H37NO4/c1-25(12-10-19(29)14-18(25)16-28)23-11-13-26(2)21(17-6-4-3-5-7-17)8-9-22(26)20(23)15-27-24(30)31/h3-8,18-20,22-23,27-29H,9-16H2,1-2H3,(H,30,31)/t18-,19+,20+,22+,23+,25+,26-/m1/s1. The van der Waals surface area contributed by atoms with E-state index in [9.17, 15) is 20.1 Å². The van der Waals surface area contributed by atoms with Crippen molar-refractivity contribution < 1.29 is 20.1 Å². The highest BCUT2D eigenvalue weighted by molar-refractivity contribution is 5.73. The molecule has 2 saturated carbocycles. The molecule has 0 spiro atoms. The van der Waals surface area contributed by atoms with Crippen LogP contribution >= 0.6 is 0 Å². The fourth-order valence-corrected chi connectivity index (χ4v) is 7.40. The number of benzene rings is 1. The minimum Gasteiger partial charge on any atom is -0.465 e. The molecule has 0 aromatic heterocycles. The third-order valence-electron chi connectivity index (χ3n) is 9.16. The van der Waals surface area contributed by atoms with Crippen molar-refractivity contribution in [1.29, 1.82) is 0 Å². The minimum absolute atomic E-state index is 0.0297. The van der Waals surface area contributed by atoms with Gasteiger partial charge < -0.3 is 20.6 Å². The Kier molecular flexibility index (Phi) is 6.19. The molecule has 3 aliphatic rings. The van der Waals surface area contributed by atoms with Gasteiger partial charge in [0.2, 0.25) is 0 Å². The third kappa shape index (κ3) is 3.91. The highest BCUT2D eigenvalue weighted by atomic mass is 16.4. The van der Waals surface area contributed by atoms with Crippen LogP contribution in [0.3, 0.4) is 0 Å². The molecular weight excluding hydrogens is 390 g/mol. The topological polar surface area (TPSA) is 89.8 Å². The molecule has 31 heavy (non-hydrogen) atoms. The van der Waals surface area contributed by atoms with Gasteiger partial charge in [-0.2, -0.15) is 0 Å². The molecule has 7 atom stereocenters. The van der Waals surface area contributed by atoms with Crippen LogP contribution in [-0.4, -0.2) is 40.7 Å². The van der Waals surface area contributed by atoms with Crippen molar-refractivity contribution in [3.63, 3.8) is 0 Å². The van der Waals surface area contributed by atoms with Crippen LogP contribution in [0, 0.1) is 34.5 Å². The van der Waals surface area contributed by atoms with Crippen molar-refractivity contribution >= 4 is 11.7 Å². The first-order valence-electron chi connectivity index (χ1n) is 11.8. The smallest absolute Gasteiger partial charge is 0.404 e. The summed E-state index contributed by atoms with van der Waals surface area (Å²) in [7, 11) is 0. The molecular formula is C26H37NO4. The summed E-state index contributed by atoms with van der Waals surface area (Å²) in [6.45, 7) is 5.18. The van der Waals surface area contributed by atoms with Crippen molar-refractivity contribution in [3.8, 4) is 0 Å². The van der Waals surface area contributed by atoms with Gasteiger partial charge in [0.1, 0.15) is 0 Å². The van der Waals surface area contributed by atoms with Crippen molar-refractivity contribution in [2.45, 2.75) is 58.5 Å². The predicted molar refractivity (Wildman–Crippen MR) is 121 cm³/mol. The third-order valence-corrected chi connectivity index (χ3v) is 9.16. The minimum atomic E-state index is -0.969. The van der Waals surface area contributed by atoms with Gasteiger partial charge in [0.05, 0.1) is 6.10 Å². The highest BCUT2D eigenvalue weighted by Crippen LogP contribution is 2.63. The number of hydrogen-bond donors (Lipinski definition) is 4. The highest BCUT2D eigenvalue weighted by Gasteiger charge is 2.56. The molecule has 0 saturated heterocycles. The Morgan fingerprint density at radius 2 is 1.87 bits per heavy atom. The number of fused-ring (bicyclic) bond motifs is 1. The Morgan fingerprint density at radius 1 is 1.13 bits per heavy atom. The Morgan fingerprint density at radius 3 is 2.55 bits per heavy atom. The van der Waals surface area contributed by atoms with Gasteiger partial charge in [-0.1, -0.05) is 50.3 Å². The lowest BCUT2D eigenvalue weighted by atomic mass is 9.48. The van der Waals surface area contributed by atoms with E-state index in [2.05, 4.69) is 49.5 Å². The molecule has 5 nitrogen and oxygen atoms in total. The summed E-state index contributed by atoms with van der Waals surface area (Å²) >= 11 is 0. The first-order chi connectivity index (χ1) is 14.8. The van der Waals surface area contributed by atoms with Crippen molar-refractivity contribution in [2.75, 3.05) is 13.2 Å². The van der Waals surface area contributed by atoms with Gasteiger partial charge in [0, 0.05) is 13.2 Å². The van der Waals surface area contributed by atoms with Crippen LogP contribution in [-0.2, 0) is 0 Å². The van der Waals surface area contributed by atoms with Gasteiger partial charge in [-0.3, -0.25) is 0 Å². The van der Waals surface area contributed by atoms with E-state index in [1.165, 1.54) is 11.1 Å². The number of amides is 1. The maximum Gasteiger partial charge on any atom is 0.404 e. The fourth-order valence-electron chi connectivity index (χ4n) is 7.40. The Balaban J connectivity index is 1.66. The first kappa shape index (κ1) is 22.3. The molecule has 0 radical (unpaired) electrons. The van der Waals surface area contributed by atoms with Gasteiger partial charge in [-0.05, 0) is 84.2 Å². The number of hydrogen-bond acceptors (Lipinski definition) is 3. The average molecular weight is 428 g/mol. The van der Waals surface area contributed by atoms with E-state index in [0.717, 1.165) is 32.1 Å². The van der Waals surface area contributed by atoms with E-state index < -0.39 is 6.09 Å². The number of carboxylic acid groups (broad SMARTS) is 1. The number of aliphatic hydroxyl groups is 2. The summed E-state index contributed by atoms with van der Waals surface area (Å²) in [6.07, 6.45) is 6.41. The molecule has 5 heteroatoms. The van der Waals surface area contributed by atoms with Gasteiger partial charge in [0.15, 0.2) is 0 Å². The van der Waals surface area contributed by atoms with Gasteiger partial charge in [0.25, 0.3) is 0 Å². The number of carbonyl (C=O) groups is 1. The van der Waals surface area contributed by atoms with Crippen molar-refractivity contribution in [2.24, 2.45) is 34.5 Å². The lowest BCUT2D eigenvalue weighted by Gasteiger charge is -2.57. The van der Waals surface area contributed by atoms with E-state index in [1.54, 1.807) is 0 Å². The van der Waals surface area contributed by atoms with E-state index in [1.807, 2.05) is 6.07 Å². The molecule has 0 bridgehead atoms. The Bertz CT molecular complexity index is 824. The second kappa shape index (κ2) is 8.59. The second-order valence-electron chi connectivity index (χ2n) is 10.6. The molecule has 0 heterocycles. The van der Waals surface area contributed by atoms with Crippen LogP contribution < -0.4 is 5.32 Å². The lowest BCUT2D eigenvalue weighted by molar-refractivity contribution is -0.0916. The van der Waals surface area contributed by atoms with E-state index in [-0.39, 0.29) is 35.4 Å². The van der Waals surface area contributed by atoms with Crippen LogP contribution in [0.25, 0.3) is 5.57 Å². The van der Waals surface area contributed by atoms with E-state index in [4.69, 9.17) is 0 Å². The molecule has 4 rings (SSSR count). The van der Waals surface area contributed by atoms with Crippen molar-refractivity contribution in [3.05, 3.63) is 42.0 Å². The van der Waals surface area contributed by atoms with Crippen LogP contribution in [0.1, 0.15) is 57.9 Å². The quantitative estimate of drug-likeness (QED) is 0.555. The number of nitrogens with one attached hydrogen (secondary N) is 1. The fraction of sp³-hybridized carbons (Fsp3) is 0.654. The van der Waals surface area contributed by atoms with Gasteiger partial charge in [-0.25, -0.2) is 4.79 Å². The summed E-state index contributed by atoms with van der Waals surface area (Å²) in [5.74, 6) is 0.962. The Hall–Kier alpha value is -1.85. The molecule has 2 fully saturated rings. The van der Waals surface area contributed by atoms with Crippen LogP contribution in [0.15, 0.2) is 36.4 Å². The Labute approximate surface area is 185 Å². The number of aliphatic hydroxyl groups excluding tert-OH is 2. The van der Waals surface area contributed by atoms with Crippen LogP contribution in [0.5, 0.6) is 0 Å². The SMILES string of the molecule is C[C@]1([C@H]2CC[C@]3(C)C(c4ccccc4)=CC[C@H]3[C@@H]2CNC(=O)O)CC[C@H](O)C[C@@H]1CO. The molecule has 170 valence electrons. The molecule has 4 N–H and O–H groups in total. The van der Waals surface area contributed by atoms with Gasteiger partial charge in [-0.15, -0.1) is 0 Å². The van der Waals surface area contributed by atoms with E-state index >= 15 is 0 Å². The summed E-state index contributed by atoms with van der Waals surface area (Å²) in [4.78, 5) is 11.4. The lowest BCUT2D eigenvalue weighted by Crippen LogP contribution is -2.53. The van der Waals surface area contributed by atoms with Crippen LogP contribution in [0.2, 0.25) is 0 Å². The maximum absolute atomic E-state index is 11.4. The van der Waals surface area contributed by atoms with Crippen molar-refractivity contribution in [1.82, 2.24) is 5.32 Å². The summed E-state index contributed by atoms with van der Waals surface area (Å²) in [6, 6.07) is 10.6. The molecule has 1 aromatic carbocycles. The van der Waals surface area contributed by atoms with E-state index in [0.29, 0.717) is 24.8 Å². The monoisotopic (exact) mass is 427 g/mol. The first-order valence-corrected chi connectivity index (χ1v) is 11.8. The predicted octanol–water partition coefficient (Wildman–Crippen LogP) is 4.55. The summed E-state index contributed by atoms with van der Waals surface area (Å²) in [5, 5.41) is 32.5. The maximum atomic E-state index is 11.4. The second-order valence-corrected chi connectivity index (χ2v) is 10.6. The number of rotatable bonds is 5. The molecule has 0 unspecified atom stereocenters. The molecule has 0 aliphatic heterocycles. The van der Waals surface area contributed by atoms with Gasteiger partial charge >= 0.3 is 6.09 Å². The molecule has 1 amide bonds. The summed E-state index contributed by atoms with van der Waals surface area (Å²) < 4.78 is 0. The average Bonchev–Trinajstić information content (AvgIpc) is 3.11. The molecule has 1 aromatic rings. The largest absolute Gasteiger partial charge is 0.465 e. The number of allylic oxidation sites excluding steroid dienone is 2. The zero-order chi connectivity index (χ0) is 22.2. The normalized spacial score (nSPS) is 40.1.